The maximum atomic E-state index is 11.1. The minimum atomic E-state index is -1.01. The molecule has 0 heterocycles. The Bertz CT molecular complexity index is 415. The van der Waals surface area contributed by atoms with Gasteiger partial charge in [-0.3, -0.25) is 0 Å². The van der Waals surface area contributed by atoms with Gasteiger partial charge < -0.3 is 19.9 Å². The summed E-state index contributed by atoms with van der Waals surface area (Å²) in [5.74, 6) is -0.103. The van der Waals surface area contributed by atoms with Crippen LogP contribution in [0.15, 0.2) is 12.1 Å². The van der Waals surface area contributed by atoms with Gasteiger partial charge in [0.15, 0.2) is 11.5 Å². The Hall–Kier alpha value is -1.91. The average Bonchev–Trinajstić information content (AvgIpc) is 2.27. The van der Waals surface area contributed by atoms with E-state index in [1.807, 2.05) is 13.8 Å². The van der Waals surface area contributed by atoms with E-state index >= 15 is 0 Å². The molecular formula is C12H17NO4. The number of carbonyl (C=O) groups is 1. The van der Waals surface area contributed by atoms with Crippen LogP contribution in [0.25, 0.3) is 0 Å². The highest BCUT2D eigenvalue weighted by Gasteiger charge is 2.16. The van der Waals surface area contributed by atoms with Crippen molar-refractivity contribution in [1.82, 2.24) is 0 Å². The number of methoxy groups -OCH3 is 2. The Labute approximate surface area is 100 Å². The first-order chi connectivity index (χ1) is 7.99. The van der Waals surface area contributed by atoms with Gasteiger partial charge in [0, 0.05) is 18.2 Å². The summed E-state index contributed by atoms with van der Waals surface area (Å²) in [5.41, 5.74) is 0.682. The summed E-state index contributed by atoms with van der Waals surface area (Å²) in [7, 11) is 2.98. The third-order valence-electron chi connectivity index (χ3n) is 2.20. The SMILES string of the molecule is COc1cc(NC(C)C)c(C(=O)O)cc1OC. The minimum Gasteiger partial charge on any atom is -0.493 e. The van der Waals surface area contributed by atoms with Gasteiger partial charge in [0.2, 0.25) is 0 Å². The molecule has 0 aliphatic heterocycles. The molecule has 1 aromatic rings. The topological polar surface area (TPSA) is 67.8 Å². The number of nitrogens with one attached hydrogen (secondary N) is 1. The highest BCUT2D eigenvalue weighted by atomic mass is 16.5. The maximum Gasteiger partial charge on any atom is 0.337 e. The lowest BCUT2D eigenvalue weighted by molar-refractivity contribution is 0.0697. The Morgan fingerprint density at radius 2 is 1.76 bits per heavy atom. The van der Waals surface area contributed by atoms with E-state index in [2.05, 4.69) is 5.32 Å². The quantitative estimate of drug-likeness (QED) is 0.824. The Morgan fingerprint density at radius 1 is 1.24 bits per heavy atom. The van der Waals surface area contributed by atoms with E-state index < -0.39 is 5.97 Å². The summed E-state index contributed by atoms with van der Waals surface area (Å²) in [4.78, 5) is 11.1. The van der Waals surface area contributed by atoms with Gasteiger partial charge in [-0.25, -0.2) is 4.79 Å². The van der Waals surface area contributed by atoms with Crippen molar-refractivity contribution in [3.63, 3.8) is 0 Å². The first kappa shape index (κ1) is 13.2. The second-order valence-corrected chi connectivity index (χ2v) is 3.86. The third kappa shape index (κ3) is 3.03. The van der Waals surface area contributed by atoms with Crippen LogP contribution in [0.5, 0.6) is 11.5 Å². The molecule has 0 aromatic heterocycles. The molecule has 0 saturated carbocycles. The van der Waals surface area contributed by atoms with Crippen molar-refractivity contribution in [2.75, 3.05) is 19.5 Å². The summed E-state index contributed by atoms with van der Waals surface area (Å²) >= 11 is 0. The van der Waals surface area contributed by atoms with E-state index in [1.165, 1.54) is 20.3 Å². The molecule has 0 saturated heterocycles. The highest BCUT2D eigenvalue weighted by molar-refractivity contribution is 5.95. The molecule has 0 radical (unpaired) electrons. The van der Waals surface area contributed by atoms with Gasteiger partial charge in [-0.2, -0.15) is 0 Å². The van der Waals surface area contributed by atoms with Gasteiger partial charge in [-0.1, -0.05) is 0 Å². The molecule has 0 unspecified atom stereocenters. The van der Waals surface area contributed by atoms with Crippen molar-refractivity contribution < 1.29 is 19.4 Å². The Morgan fingerprint density at radius 3 is 2.18 bits per heavy atom. The molecule has 0 aliphatic carbocycles. The van der Waals surface area contributed by atoms with E-state index in [9.17, 15) is 4.79 Å². The molecule has 0 aliphatic rings. The fourth-order valence-electron chi connectivity index (χ4n) is 1.49. The fourth-order valence-corrected chi connectivity index (χ4v) is 1.49. The van der Waals surface area contributed by atoms with E-state index in [4.69, 9.17) is 14.6 Å². The monoisotopic (exact) mass is 239 g/mol. The number of hydrogen-bond acceptors (Lipinski definition) is 4. The fraction of sp³-hybridized carbons (Fsp3) is 0.417. The zero-order chi connectivity index (χ0) is 13.0. The molecule has 0 bridgehead atoms. The van der Waals surface area contributed by atoms with Gasteiger partial charge in [-0.05, 0) is 13.8 Å². The van der Waals surface area contributed by atoms with Gasteiger partial charge in [0.1, 0.15) is 0 Å². The van der Waals surface area contributed by atoms with Crippen LogP contribution in [-0.4, -0.2) is 31.3 Å². The maximum absolute atomic E-state index is 11.1. The number of rotatable bonds is 5. The molecule has 5 heteroatoms. The second kappa shape index (κ2) is 5.43. The predicted octanol–water partition coefficient (Wildman–Crippen LogP) is 2.22. The molecule has 0 atom stereocenters. The molecule has 0 fully saturated rings. The van der Waals surface area contributed by atoms with E-state index in [0.717, 1.165) is 0 Å². The number of ether oxygens (including phenoxy) is 2. The first-order valence-corrected chi connectivity index (χ1v) is 5.25. The van der Waals surface area contributed by atoms with Gasteiger partial charge in [0.05, 0.1) is 25.5 Å². The zero-order valence-electron chi connectivity index (χ0n) is 10.4. The normalized spacial score (nSPS) is 10.2. The second-order valence-electron chi connectivity index (χ2n) is 3.86. The Kier molecular flexibility index (Phi) is 4.20. The van der Waals surface area contributed by atoms with E-state index in [0.29, 0.717) is 17.2 Å². The number of carboxylic acid groups (broad SMARTS) is 1. The molecule has 1 aromatic carbocycles. The third-order valence-corrected chi connectivity index (χ3v) is 2.20. The van der Waals surface area contributed by atoms with Crippen LogP contribution in [0.1, 0.15) is 24.2 Å². The summed E-state index contributed by atoms with van der Waals surface area (Å²) in [6.07, 6.45) is 0. The van der Waals surface area contributed by atoms with Crippen molar-refractivity contribution in [3.8, 4) is 11.5 Å². The van der Waals surface area contributed by atoms with Crippen LogP contribution >= 0.6 is 0 Å². The smallest absolute Gasteiger partial charge is 0.337 e. The predicted molar refractivity (Wildman–Crippen MR) is 65.3 cm³/mol. The van der Waals surface area contributed by atoms with Crippen molar-refractivity contribution in [2.45, 2.75) is 19.9 Å². The summed E-state index contributed by atoms with van der Waals surface area (Å²) in [5, 5.41) is 12.2. The molecule has 1 rings (SSSR count). The van der Waals surface area contributed by atoms with Crippen LogP contribution < -0.4 is 14.8 Å². The van der Waals surface area contributed by atoms with Crippen molar-refractivity contribution in [2.24, 2.45) is 0 Å². The number of carboxylic acids is 1. The van der Waals surface area contributed by atoms with Crippen molar-refractivity contribution in [1.29, 1.82) is 0 Å². The van der Waals surface area contributed by atoms with Crippen LogP contribution in [-0.2, 0) is 0 Å². The molecule has 5 nitrogen and oxygen atoms in total. The molecule has 94 valence electrons. The van der Waals surface area contributed by atoms with Crippen LogP contribution in [0.2, 0.25) is 0 Å². The Balaban J connectivity index is 3.29. The van der Waals surface area contributed by atoms with Gasteiger partial charge in [-0.15, -0.1) is 0 Å². The summed E-state index contributed by atoms with van der Waals surface area (Å²) < 4.78 is 10.2. The van der Waals surface area contributed by atoms with Gasteiger partial charge in [0.25, 0.3) is 0 Å². The standard InChI is InChI=1S/C12H17NO4/c1-7(2)13-9-6-11(17-4)10(16-3)5-8(9)12(14)15/h5-7,13H,1-4H3,(H,14,15). The summed E-state index contributed by atoms with van der Waals surface area (Å²) in [6.45, 7) is 3.87. The van der Waals surface area contributed by atoms with E-state index in [1.54, 1.807) is 6.07 Å². The molecule has 2 N–H and O–H groups in total. The van der Waals surface area contributed by atoms with Crippen LogP contribution in [0.4, 0.5) is 5.69 Å². The highest BCUT2D eigenvalue weighted by Crippen LogP contribution is 2.33. The van der Waals surface area contributed by atoms with Gasteiger partial charge >= 0.3 is 5.97 Å². The lowest BCUT2D eigenvalue weighted by Gasteiger charge is -2.16. The molecule has 0 amide bonds. The first-order valence-electron chi connectivity index (χ1n) is 5.25. The molecule has 0 spiro atoms. The average molecular weight is 239 g/mol. The lowest BCUT2D eigenvalue weighted by atomic mass is 10.1. The van der Waals surface area contributed by atoms with Crippen LogP contribution in [0, 0.1) is 0 Å². The molecular weight excluding hydrogens is 222 g/mol. The van der Waals surface area contributed by atoms with Crippen molar-refractivity contribution >= 4 is 11.7 Å². The number of hydrogen-bond donors (Lipinski definition) is 2. The summed E-state index contributed by atoms with van der Waals surface area (Å²) in [6, 6.07) is 3.21. The largest absolute Gasteiger partial charge is 0.493 e. The zero-order valence-corrected chi connectivity index (χ0v) is 10.4. The van der Waals surface area contributed by atoms with Crippen molar-refractivity contribution in [3.05, 3.63) is 17.7 Å². The molecule has 17 heavy (non-hydrogen) atoms. The van der Waals surface area contributed by atoms with E-state index in [-0.39, 0.29) is 11.6 Å². The lowest BCUT2D eigenvalue weighted by Crippen LogP contribution is -2.14. The number of benzene rings is 1. The minimum absolute atomic E-state index is 0.131. The van der Waals surface area contributed by atoms with Crippen LogP contribution in [0.3, 0.4) is 0 Å². The number of anilines is 1. The number of aromatic carboxylic acids is 1.